The Labute approximate surface area is 108 Å². The molecule has 1 fully saturated rings. The number of hydrogen-bond donors (Lipinski definition) is 1. The molecule has 0 saturated heterocycles. The number of halogens is 1. The van der Waals surface area contributed by atoms with Crippen molar-refractivity contribution < 1.29 is 4.74 Å². The second-order valence-electron chi connectivity index (χ2n) is 4.97. The minimum Gasteiger partial charge on any atom is -0.496 e. The summed E-state index contributed by atoms with van der Waals surface area (Å²) in [6.07, 6.45) is 2.48. The van der Waals surface area contributed by atoms with Gasteiger partial charge in [0.1, 0.15) is 5.75 Å². The molecule has 0 aromatic heterocycles. The maximum Gasteiger partial charge on any atom is 0.122 e. The third-order valence-electron chi connectivity index (χ3n) is 4.16. The molecule has 0 bridgehead atoms. The lowest BCUT2D eigenvalue weighted by atomic mass is 9.57. The summed E-state index contributed by atoms with van der Waals surface area (Å²) < 4.78 is 5.49. The zero-order valence-electron chi connectivity index (χ0n) is 10.7. The van der Waals surface area contributed by atoms with Crippen LogP contribution in [0.15, 0.2) is 18.2 Å². The number of benzene rings is 1. The van der Waals surface area contributed by atoms with Gasteiger partial charge in [-0.05, 0) is 44.0 Å². The topological polar surface area (TPSA) is 21.3 Å². The summed E-state index contributed by atoms with van der Waals surface area (Å²) in [5.41, 5.74) is 1.44. The molecule has 1 aliphatic rings. The van der Waals surface area contributed by atoms with Gasteiger partial charge < -0.3 is 10.1 Å². The van der Waals surface area contributed by atoms with Crippen LogP contribution < -0.4 is 10.1 Å². The third-order valence-corrected chi connectivity index (χ3v) is 4.39. The highest BCUT2D eigenvalue weighted by molar-refractivity contribution is 6.30. The number of methoxy groups -OCH3 is 1. The van der Waals surface area contributed by atoms with Gasteiger partial charge in [-0.15, -0.1) is 0 Å². The van der Waals surface area contributed by atoms with Crippen molar-refractivity contribution in [3.8, 4) is 5.75 Å². The molecule has 2 atom stereocenters. The SMILES string of the molecule is CNCC1(c2cc(Cl)ccc2OC)CCC1C. The van der Waals surface area contributed by atoms with Gasteiger partial charge in [-0.25, -0.2) is 0 Å². The van der Waals surface area contributed by atoms with Crippen LogP contribution in [0.2, 0.25) is 5.02 Å². The molecular weight excluding hydrogens is 234 g/mol. The summed E-state index contributed by atoms with van der Waals surface area (Å²) in [5.74, 6) is 1.62. The molecule has 1 N–H and O–H groups in total. The number of ether oxygens (including phenoxy) is 1. The van der Waals surface area contributed by atoms with E-state index in [4.69, 9.17) is 16.3 Å². The molecule has 1 saturated carbocycles. The van der Waals surface area contributed by atoms with Gasteiger partial charge in [0.05, 0.1) is 7.11 Å². The van der Waals surface area contributed by atoms with E-state index in [9.17, 15) is 0 Å². The normalized spacial score (nSPS) is 27.6. The van der Waals surface area contributed by atoms with Gasteiger partial charge in [0.2, 0.25) is 0 Å². The van der Waals surface area contributed by atoms with Crippen molar-refractivity contribution in [3.63, 3.8) is 0 Å². The van der Waals surface area contributed by atoms with Gasteiger partial charge in [-0.3, -0.25) is 0 Å². The van der Waals surface area contributed by atoms with E-state index in [0.29, 0.717) is 5.92 Å². The molecule has 0 radical (unpaired) electrons. The Hall–Kier alpha value is -0.730. The fourth-order valence-electron chi connectivity index (χ4n) is 2.92. The molecule has 2 nitrogen and oxygen atoms in total. The predicted molar refractivity (Wildman–Crippen MR) is 72.0 cm³/mol. The highest BCUT2D eigenvalue weighted by Gasteiger charge is 2.46. The van der Waals surface area contributed by atoms with Crippen LogP contribution in [0.25, 0.3) is 0 Å². The average Bonchev–Trinajstić information content (AvgIpc) is 2.34. The zero-order valence-corrected chi connectivity index (χ0v) is 11.5. The second kappa shape index (κ2) is 4.87. The lowest BCUT2D eigenvalue weighted by Gasteiger charge is -2.49. The molecule has 0 spiro atoms. The average molecular weight is 254 g/mol. The van der Waals surface area contributed by atoms with Gasteiger partial charge in [0.15, 0.2) is 0 Å². The smallest absolute Gasteiger partial charge is 0.122 e. The first-order valence-corrected chi connectivity index (χ1v) is 6.50. The van der Waals surface area contributed by atoms with E-state index in [1.165, 1.54) is 18.4 Å². The molecule has 0 heterocycles. The Morgan fingerprint density at radius 1 is 1.53 bits per heavy atom. The first-order valence-electron chi connectivity index (χ1n) is 6.12. The van der Waals surface area contributed by atoms with Gasteiger partial charge >= 0.3 is 0 Å². The summed E-state index contributed by atoms with van der Waals surface area (Å²) >= 11 is 6.13. The largest absolute Gasteiger partial charge is 0.496 e. The van der Waals surface area contributed by atoms with Crippen molar-refractivity contribution >= 4 is 11.6 Å². The molecule has 2 unspecified atom stereocenters. The minimum atomic E-state index is 0.186. The molecule has 17 heavy (non-hydrogen) atoms. The van der Waals surface area contributed by atoms with Crippen LogP contribution in [0.5, 0.6) is 5.75 Å². The highest BCUT2D eigenvalue weighted by Crippen LogP contribution is 2.51. The molecule has 1 aromatic rings. The molecule has 0 amide bonds. The van der Waals surface area contributed by atoms with E-state index in [2.05, 4.69) is 18.3 Å². The van der Waals surface area contributed by atoms with Crippen LogP contribution in [-0.2, 0) is 5.41 Å². The molecule has 94 valence electrons. The van der Waals surface area contributed by atoms with Gasteiger partial charge in [0, 0.05) is 22.5 Å². The quantitative estimate of drug-likeness (QED) is 0.890. The maximum atomic E-state index is 6.13. The Bertz CT molecular complexity index is 407. The Morgan fingerprint density at radius 2 is 2.29 bits per heavy atom. The Balaban J connectivity index is 2.45. The van der Waals surface area contributed by atoms with Crippen LogP contribution in [0.4, 0.5) is 0 Å². The lowest BCUT2D eigenvalue weighted by molar-refractivity contribution is 0.133. The van der Waals surface area contributed by atoms with E-state index in [1.807, 2.05) is 19.2 Å². The van der Waals surface area contributed by atoms with Crippen molar-refractivity contribution in [1.29, 1.82) is 0 Å². The summed E-state index contributed by atoms with van der Waals surface area (Å²) in [6, 6.07) is 5.92. The van der Waals surface area contributed by atoms with E-state index in [0.717, 1.165) is 17.3 Å². The summed E-state index contributed by atoms with van der Waals surface area (Å²) in [5, 5.41) is 4.10. The Kier molecular flexibility index (Phi) is 3.64. The zero-order chi connectivity index (χ0) is 12.5. The van der Waals surface area contributed by atoms with Gasteiger partial charge in [-0.1, -0.05) is 18.5 Å². The first kappa shape index (κ1) is 12.7. The van der Waals surface area contributed by atoms with E-state index in [1.54, 1.807) is 7.11 Å². The highest BCUT2D eigenvalue weighted by atomic mass is 35.5. The standard InChI is InChI=1S/C14H20ClNO/c1-10-6-7-14(10,9-16-2)12-8-11(15)4-5-13(12)17-3/h4-5,8,10,16H,6-7,9H2,1-3H3. The number of rotatable bonds is 4. The van der Waals surface area contributed by atoms with Crippen molar-refractivity contribution in [2.75, 3.05) is 20.7 Å². The van der Waals surface area contributed by atoms with Crippen LogP contribution in [0, 0.1) is 5.92 Å². The third kappa shape index (κ3) is 2.04. The van der Waals surface area contributed by atoms with Crippen LogP contribution in [0.1, 0.15) is 25.3 Å². The first-order chi connectivity index (χ1) is 8.14. The number of nitrogens with one attached hydrogen (secondary N) is 1. The van der Waals surface area contributed by atoms with Crippen LogP contribution in [-0.4, -0.2) is 20.7 Å². The number of hydrogen-bond acceptors (Lipinski definition) is 2. The van der Waals surface area contributed by atoms with Crippen molar-refractivity contribution in [2.45, 2.75) is 25.2 Å². The van der Waals surface area contributed by atoms with Gasteiger partial charge in [0.25, 0.3) is 0 Å². The molecule has 3 heteroatoms. The fraction of sp³-hybridized carbons (Fsp3) is 0.571. The van der Waals surface area contributed by atoms with Crippen molar-refractivity contribution in [2.24, 2.45) is 5.92 Å². The van der Waals surface area contributed by atoms with E-state index >= 15 is 0 Å². The maximum absolute atomic E-state index is 6.13. The van der Waals surface area contributed by atoms with E-state index < -0.39 is 0 Å². The summed E-state index contributed by atoms with van der Waals surface area (Å²) in [6.45, 7) is 3.28. The second-order valence-corrected chi connectivity index (χ2v) is 5.41. The lowest BCUT2D eigenvalue weighted by Crippen LogP contribution is -2.49. The van der Waals surface area contributed by atoms with Crippen molar-refractivity contribution in [1.82, 2.24) is 5.32 Å². The van der Waals surface area contributed by atoms with Crippen LogP contribution >= 0.6 is 11.6 Å². The van der Waals surface area contributed by atoms with E-state index in [-0.39, 0.29) is 5.41 Å². The summed E-state index contributed by atoms with van der Waals surface area (Å²) in [7, 11) is 3.73. The molecule has 2 rings (SSSR count). The fourth-order valence-corrected chi connectivity index (χ4v) is 3.10. The molecule has 1 aliphatic carbocycles. The molecular formula is C14H20ClNO. The van der Waals surface area contributed by atoms with Crippen LogP contribution in [0.3, 0.4) is 0 Å². The predicted octanol–water partition coefficient (Wildman–Crippen LogP) is 3.24. The van der Waals surface area contributed by atoms with Crippen molar-refractivity contribution in [3.05, 3.63) is 28.8 Å². The Morgan fingerprint density at radius 3 is 2.76 bits per heavy atom. The number of likely N-dealkylation sites (N-methyl/N-ethyl adjacent to an activating group) is 1. The molecule has 0 aliphatic heterocycles. The minimum absolute atomic E-state index is 0.186. The monoisotopic (exact) mass is 253 g/mol. The molecule has 1 aromatic carbocycles. The van der Waals surface area contributed by atoms with Gasteiger partial charge in [-0.2, -0.15) is 0 Å². The summed E-state index contributed by atoms with van der Waals surface area (Å²) in [4.78, 5) is 0.